The van der Waals surface area contributed by atoms with Crippen molar-refractivity contribution in [2.24, 2.45) is 5.92 Å². The van der Waals surface area contributed by atoms with Gasteiger partial charge in [0.1, 0.15) is 0 Å². The van der Waals surface area contributed by atoms with E-state index in [2.05, 4.69) is 29.3 Å². The third-order valence-electron chi connectivity index (χ3n) is 3.40. The summed E-state index contributed by atoms with van der Waals surface area (Å²) >= 11 is 0. The van der Waals surface area contributed by atoms with Gasteiger partial charge in [0.15, 0.2) is 0 Å². The van der Waals surface area contributed by atoms with Crippen LogP contribution in [0.3, 0.4) is 0 Å². The van der Waals surface area contributed by atoms with Crippen LogP contribution < -0.4 is 0 Å². The molecular formula is C16H20N2O3. The van der Waals surface area contributed by atoms with E-state index in [4.69, 9.17) is 9.52 Å². The second-order valence-corrected chi connectivity index (χ2v) is 5.68. The average molecular weight is 288 g/mol. The molecule has 0 fully saturated rings. The average Bonchev–Trinajstić information content (AvgIpc) is 2.74. The van der Waals surface area contributed by atoms with E-state index in [-0.39, 0.29) is 12.3 Å². The molecule has 2 rings (SSSR count). The van der Waals surface area contributed by atoms with Crippen molar-refractivity contribution in [3.05, 3.63) is 34.7 Å². The van der Waals surface area contributed by atoms with E-state index in [0.29, 0.717) is 18.2 Å². The van der Waals surface area contributed by atoms with E-state index in [9.17, 15) is 4.79 Å². The summed E-state index contributed by atoms with van der Waals surface area (Å²) in [7, 11) is 0. The highest BCUT2D eigenvalue weighted by atomic mass is 16.4. The minimum atomic E-state index is -0.813. The molecule has 1 aromatic carbocycles. The lowest BCUT2D eigenvalue weighted by Gasteiger charge is -2.07. The number of aliphatic carboxylic acids is 1. The number of carboxylic acid groups (broad SMARTS) is 1. The van der Waals surface area contributed by atoms with Crippen molar-refractivity contribution in [3.63, 3.8) is 0 Å². The minimum absolute atomic E-state index is 0.0315. The molecule has 21 heavy (non-hydrogen) atoms. The molecule has 0 aliphatic rings. The zero-order chi connectivity index (χ0) is 15.6. The second kappa shape index (κ2) is 6.08. The molecule has 1 unspecified atom stereocenters. The van der Waals surface area contributed by atoms with Crippen LogP contribution in [0.1, 0.15) is 35.9 Å². The predicted octanol–water partition coefficient (Wildman–Crippen LogP) is 3.32. The Kier molecular flexibility index (Phi) is 4.40. The third kappa shape index (κ3) is 3.68. The van der Waals surface area contributed by atoms with Gasteiger partial charge in [-0.05, 0) is 37.8 Å². The third-order valence-corrected chi connectivity index (χ3v) is 3.40. The molecule has 5 heteroatoms. The summed E-state index contributed by atoms with van der Waals surface area (Å²) < 4.78 is 5.71. The molecule has 1 atom stereocenters. The van der Waals surface area contributed by atoms with Crippen molar-refractivity contribution in [1.29, 1.82) is 0 Å². The Hall–Kier alpha value is -2.17. The van der Waals surface area contributed by atoms with Gasteiger partial charge in [-0.15, -0.1) is 10.2 Å². The highest BCUT2D eigenvalue weighted by Crippen LogP contribution is 2.27. The maximum absolute atomic E-state index is 10.7. The van der Waals surface area contributed by atoms with Gasteiger partial charge in [-0.2, -0.15) is 0 Å². The lowest BCUT2D eigenvalue weighted by atomic mass is 10.00. The number of carboxylic acids is 1. The van der Waals surface area contributed by atoms with Crippen LogP contribution in [0.4, 0.5) is 0 Å². The number of hydrogen-bond donors (Lipinski definition) is 1. The molecule has 0 aliphatic heterocycles. The molecule has 2 aromatic rings. The number of nitrogens with zero attached hydrogens (tertiary/aromatic N) is 2. The highest BCUT2D eigenvalue weighted by molar-refractivity contribution is 5.67. The lowest BCUT2D eigenvalue weighted by Crippen LogP contribution is -2.07. The Morgan fingerprint density at radius 3 is 2.43 bits per heavy atom. The van der Waals surface area contributed by atoms with Gasteiger partial charge in [-0.3, -0.25) is 4.79 Å². The zero-order valence-corrected chi connectivity index (χ0v) is 12.8. The van der Waals surface area contributed by atoms with E-state index < -0.39 is 5.97 Å². The van der Waals surface area contributed by atoms with Crippen molar-refractivity contribution in [3.8, 4) is 11.5 Å². The molecule has 1 aromatic heterocycles. The topological polar surface area (TPSA) is 76.2 Å². The summed E-state index contributed by atoms with van der Waals surface area (Å²) in [4.78, 5) is 10.7. The normalized spacial score (nSPS) is 12.4. The highest BCUT2D eigenvalue weighted by Gasteiger charge is 2.16. The van der Waals surface area contributed by atoms with Crippen LogP contribution in [0.15, 0.2) is 16.5 Å². The van der Waals surface area contributed by atoms with Gasteiger partial charge in [-0.25, -0.2) is 0 Å². The fraction of sp³-hybridized carbons (Fsp3) is 0.438. The van der Waals surface area contributed by atoms with Crippen molar-refractivity contribution in [2.45, 2.75) is 40.5 Å². The fourth-order valence-corrected chi connectivity index (χ4v) is 2.62. The van der Waals surface area contributed by atoms with Crippen LogP contribution >= 0.6 is 0 Å². The molecule has 0 spiro atoms. The molecule has 0 saturated carbocycles. The summed E-state index contributed by atoms with van der Waals surface area (Å²) in [6.07, 6.45) is 0.573. The summed E-state index contributed by atoms with van der Waals surface area (Å²) in [5, 5.41) is 16.9. The van der Waals surface area contributed by atoms with E-state index >= 15 is 0 Å². The van der Waals surface area contributed by atoms with Crippen molar-refractivity contribution < 1.29 is 14.3 Å². The maximum atomic E-state index is 10.7. The van der Waals surface area contributed by atoms with Gasteiger partial charge in [0.25, 0.3) is 0 Å². The van der Waals surface area contributed by atoms with Crippen LogP contribution in [0.2, 0.25) is 0 Å². The van der Waals surface area contributed by atoms with Gasteiger partial charge in [0.05, 0.1) is 0 Å². The Labute approximate surface area is 124 Å². The van der Waals surface area contributed by atoms with Gasteiger partial charge in [0.2, 0.25) is 11.8 Å². The predicted molar refractivity (Wildman–Crippen MR) is 79.1 cm³/mol. The van der Waals surface area contributed by atoms with Crippen LogP contribution in [0, 0.1) is 26.7 Å². The molecular weight excluding hydrogens is 268 g/mol. The summed E-state index contributed by atoms with van der Waals surface area (Å²) in [5.41, 5.74) is 4.36. The number of benzene rings is 1. The summed E-state index contributed by atoms with van der Waals surface area (Å²) in [6, 6.07) is 4.17. The first kappa shape index (κ1) is 15.2. The van der Waals surface area contributed by atoms with Crippen molar-refractivity contribution in [2.75, 3.05) is 0 Å². The second-order valence-electron chi connectivity index (χ2n) is 5.68. The van der Waals surface area contributed by atoms with Gasteiger partial charge < -0.3 is 9.52 Å². The fourth-order valence-electron chi connectivity index (χ4n) is 2.62. The molecule has 112 valence electrons. The van der Waals surface area contributed by atoms with Crippen molar-refractivity contribution >= 4 is 5.97 Å². The van der Waals surface area contributed by atoms with Gasteiger partial charge in [0, 0.05) is 18.4 Å². The molecule has 0 aliphatic carbocycles. The SMILES string of the molecule is Cc1cc(C)c(-c2nnc(CC(C)CC(=O)O)o2)c(C)c1. The number of carbonyl (C=O) groups is 1. The minimum Gasteiger partial charge on any atom is -0.481 e. The molecule has 1 heterocycles. The van der Waals surface area contributed by atoms with Crippen LogP contribution in [0.25, 0.3) is 11.5 Å². The molecule has 0 saturated heterocycles. The Morgan fingerprint density at radius 1 is 1.24 bits per heavy atom. The van der Waals surface area contributed by atoms with E-state index in [1.165, 1.54) is 5.56 Å². The molecule has 0 amide bonds. The van der Waals surface area contributed by atoms with Crippen LogP contribution in [-0.2, 0) is 11.2 Å². The first-order chi connectivity index (χ1) is 9.86. The number of aryl methyl sites for hydroxylation is 3. The maximum Gasteiger partial charge on any atom is 0.303 e. The largest absolute Gasteiger partial charge is 0.481 e. The number of hydrogen-bond acceptors (Lipinski definition) is 4. The quantitative estimate of drug-likeness (QED) is 0.913. The number of aromatic nitrogens is 2. The lowest BCUT2D eigenvalue weighted by molar-refractivity contribution is -0.137. The molecule has 0 radical (unpaired) electrons. The van der Waals surface area contributed by atoms with E-state index in [1.54, 1.807) is 0 Å². The van der Waals surface area contributed by atoms with Gasteiger partial charge in [-0.1, -0.05) is 24.6 Å². The Bertz CT molecular complexity index is 638. The molecule has 1 N–H and O–H groups in total. The van der Waals surface area contributed by atoms with Gasteiger partial charge >= 0.3 is 5.97 Å². The molecule has 0 bridgehead atoms. The van der Waals surface area contributed by atoms with Crippen LogP contribution in [-0.4, -0.2) is 21.3 Å². The van der Waals surface area contributed by atoms with E-state index in [0.717, 1.165) is 16.7 Å². The smallest absolute Gasteiger partial charge is 0.303 e. The zero-order valence-electron chi connectivity index (χ0n) is 12.8. The number of rotatable bonds is 5. The van der Waals surface area contributed by atoms with Crippen LogP contribution in [0.5, 0.6) is 0 Å². The van der Waals surface area contributed by atoms with Crippen molar-refractivity contribution in [1.82, 2.24) is 10.2 Å². The summed E-state index contributed by atoms with van der Waals surface area (Å²) in [5.74, 6) is 0.143. The Balaban J connectivity index is 2.22. The summed E-state index contributed by atoms with van der Waals surface area (Å²) in [6.45, 7) is 7.95. The standard InChI is InChI=1S/C16H20N2O3/c1-9-5-11(3)15(12(4)6-9)16-18-17-13(21-16)7-10(2)8-14(19)20/h5-6,10H,7-8H2,1-4H3,(H,19,20). The molecule has 5 nitrogen and oxygen atoms in total. The Morgan fingerprint density at radius 2 is 1.86 bits per heavy atom. The monoisotopic (exact) mass is 288 g/mol. The van der Waals surface area contributed by atoms with E-state index in [1.807, 2.05) is 20.8 Å². The first-order valence-corrected chi connectivity index (χ1v) is 6.99. The first-order valence-electron chi connectivity index (χ1n) is 6.99.